The highest BCUT2D eigenvalue weighted by molar-refractivity contribution is 7.89. The highest BCUT2D eigenvalue weighted by Crippen LogP contribution is 2.29. The summed E-state index contributed by atoms with van der Waals surface area (Å²) < 4.78 is 27.4. The van der Waals surface area contributed by atoms with Gasteiger partial charge in [-0.25, -0.2) is 8.42 Å². The smallest absolute Gasteiger partial charge is 0.244 e. The van der Waals surface area contributed by atoms with Gasteiger partial charge in [0.05, 0.1) is 10.9 Å². The molecule has 5 nitrogen and oxygen atoms in total. The van der Waals surface area contributed by atoms with E-state index in [0.717, 1.165) is 11.1 Å². The number of nitrogens with zero attached hydrogens (tertiary/aromatic N) is 2. The summed E-state index contributed by atoms with van der Waals surface area (Å²) in [5.41, 5.74) is 1.84. The molecule has 3 aromatic rings. The Morgan fingerprint density at radius 1 is 0.742 bits per heavy atom. The van der Waals surface area contributed by atoms with E-state index in [2.05, 4.69) is 0 Å². The first-order chi connectivity index (χ1) is 15.0. The number of halogens is 1. The molecule has 3 aromatic carbocycles. The minimum atomic E-state index is -3.70. The molecule has 160 valence electrons. The van der Waals surface area contributed by atoms with Crippen LogP contribution in [0, 0.1) is 0 Å². The Labute approximate surface area is 187 Å². The molecule has 0 atom stereocenters. The predicted octanol–water partition coefficient (Wildman–Crippen LogP) is 4.01. The first-order valence-corrected chi connectivity index (χ1v) is 11.9. The summed E-state index contributed by atoms with van der Waals surface area (Å²) in [7, 11) is -3.70. The van der Waals surface area contributed by atoms with E-state index in [9.17, 15) is 13.2 Å². The fraction of sp³-hybridized carbons (Fsp3) is 0.208. The molecule has 0 saturated carbocycles. The molecule has 0 aliphatic carbocycles. The minimum Gasteiger partial charge on any atom is -0.339 e. The van der Waals surface area contributed by atoms with Gasteiger partial charge in [0.15, 0.2) is 0 Å². The molecule has 4 rings (SSSR count). The Balaban J connectivity index is 1.53. The first kappa shape index (κ1) is 21.6. The zero-order chi connectivity index (χ0) is 21.8. The Morgan fingerprint density at radius 2 is 1.23 bits per heavy atom. The van der Waals surface area contributed by atoms with E-state index in [4.69, 9.17) is 11.6 Å². The Morgan fingerprint density at radius 3 is 1.74 bits per heavy atom. The fourth-order valence-corrected chi connectivity index (χ4v) is 5.81. The van der Waals surface area contributed by atoms with E-state index in [-0.39, 0.29) is 28.9 Å². The molecule has 0 spiro atoms. The lowest BCUT2D eigenvalue weighted by Crippen LogP contribution is -2.51. The normalized spacial score (nSPS) is 15.2. The molecular weight excluding hydrogens is 432 g/mol. The van der Waals surface area contributed by atoms with Crippen molar-refractivity contribution in [2.45, 2.75) is 10.8 Å². The van der Waals surface area contributed by atoms with Crippen molar-refractivity contribution in [1.82, 2.24) is 9.21 Å². The molecule has 0 radical (unpaired) electrons. The van der Waals surface area contributed by atoms with Crippen LogP contribution in [0.1, 0.15) is 17.0 Å². The fourth-order valence-electron chi connectivity index (χ4n) is 3.89. The van der Waals surface area contributed by atoms with Crippen molar-refractivity contribution in [2.24, 2.45) is 0 Å². The third kappa shape index (κ3) is 4.51. The number of hydrogen-bond acceptors (Lipinski definition) is 3. The van der Waals surface area contributed by atoms with E-state index in [0.29, 0.717) is 13.1 Å². The lowest BCUT2D eigenvalue weighted by atomic mass is 9.90. The van der Waals surface area contributed by atoms with Gasteiger partial charge in [-0.15, -0.1) is 0 Å². The summed E-state index contributed by atoms with van der Waals surface area (Å²) in [5.74, 6) is -0.443. The third-order valence-electron chi connectivity index (χ3n) is 5.52. The van der Waals surface area contributed by atoms with Gasteiger partial charge in [0.25, 0.3) is 0 Å². The molecule has 1 amide bonds. The molecule has 0 bridgehead atoms. The van der Waals surface area contributed by atoms with Crippen molar-refractivity contribution in [3.05, 3.63) is 101 Å². The van der Waals surface area contributed by atoms with Gasteiger partial charge in [-0.1, -0.05) is 84.4 Å². The number of sulfonamides is 1. The Hall–Kier alpha value is -2.67. The Kier molecular flexibility index (Phi) is 6.41. The summed E-state index contributed by atoms with van der Waals surface area (Å²) >= 11 is 6.11. The number of amides is 1. The molecular formula is C24H23ClN2O3S. The minimum absolute atomic E-state index is 0.0211. The van der Waals surface area contributed by atoms with Gasteiger partial charge in [0.2, 0.25) is 15.9 Å². The molecule has 0 aromatic heterocycles. The second-order valence-electron chi connectivity index (χ2n) is 7.41. The number of benzene rings is 3. The average molecular weight is 455 g/mol. The maximum absolute atomic E-state index is 13.5. The molecule has 1 heterocycles. The summed E-state index contributed by atoms with van der Waals surface area (Å²) in [5, 5.41) is 0.203. The van der Waals surface area contributed by atoms with Gasteiger partial charge in [-0.2, -0.15) is 4.31 Å². The van der Waals surface area contributed by atoms with Crippen molar-refractivity contribution < 1.29 is 13.2 Å². The van der Waals surface area contributed by atoms with Crippen molar-refractivity contribution in [3.63, 3.8) is 0 Å². The maximum Gasteiger partial charge on any atom is 0.244 e. The monoisotopic (exact) mass is 454 g/mol. The highest BCUT2D eigenvalue weighted by atomic mass is 35.5. The van der Waals surface area contributed by atoms with Gasteiger partial charge >= 0.3 is 0 Å². The first-order valence-electron chi connectivity index (χ1n) is 10.1. The number of hydrogen-bond donors (Lipinski definition) is 0. The topological polar surface area (TPSA) is 57.7 Å². The van der Waals surface area contributed by atoms with Gasteiger partial charge < -0.3 is 4.90 Å². The van der Waals surface area contributed by atoms with Crippen molar-refractivity contribution in [3.8, 4) is 0 Å². The van der Waals surface area contributed by atoms with Crippen LogP contribution in [-0.2, 0) is 14.8 Å². The summed E-state index contributed by atoms with van der Waals surface area (Å²) in [6, 6.07) is 25.8. The van der Waals surface area contributed by atoms with Crippen LogP contribution in [0.15, 0.2) is 89.8 Å². The highest BCUT2D eigenvalue weighted by Gasteiger charge is 2.34. The molecule has 1 fully saturated rings. The van der Waals surface area contributed by atoms with E-state index >= 15 is 0 Å². The largest absolute Gasteiger partial charge is 0.339 e. The molecule has 1 aliphatic heterocycles. The van der Waals surface area contributed by atoms with Gasteiger partial charge in [0, 0.05) is 26.2 Å². The third-order valence-corrected chi connectivity index (χ3v) is 7.92. The molecule has 1 saturated heterocycles. The van der Waals surface area contributed by atoms with Crippen LogP contribution in [0.5, 0.6) is 0 Å². The molecule has 7 heteroatoms. The van der Waals surface area contributed by atoms with Crippen LogP contribution in [0.3, 0.4) is 0 Å². The van der Waals surface area contributed by atoms with Crippen LogP contribution in [0.4, 0.5) is 0 Å². The number of carbonyl (C=O) groups is 1. The van der Waals surface area contributed by atoms with E-state index in [1.807, 2.05) is 60.7 Å². The van der Waals surface area contributed by atoms with Crippen LogP contribution in [0.25, 0.3) is 0 Å². The maximum atomic E-state index is 13.5. The second-order valence-corrected chi connectivity index (χ2v) is 9.73. The van der Waals surface area contributed by atoms with Gasteiger partial charge in [-0.3, -0.25) is 4.79 Å². The second kappa shape index (κ2) is 9.22. The predicted molar refractivity (Wildman–Crippen MR) is 122 cm³/mol. The standard InChI is InChI=1S/C24H23ClN2O3S/c25-21-13-7-8-14-22(21)31(29,30)27-17-15-26(16-18-27)24(28)23(19-9-3-1-4-10-19)20-11-5-2-6-12-20/h1-14,23H,15-18H2. The zero-order valence-corrected chi connectivity index (χ0v) is 18.5. The Bertz CT molecular complexity index is 1110. The molecule has 31 heavy (non-hydrogen) atoms. The van der Waals surface area contributed by atoms with Crippen LogP contribution < -0.4 is 0 Å². The van der Waals surface area contributed by atoms with Gasteiger partial charge in [0.1, 0.15) is 4.90 Å². The zero-order valence-electron chi connectivity index (χ0n) is 16.9. The molecule has 0 unspecified atom stereocenters. The van der Waals surface area contributed by atoms with Crippen molar-refractivity contribution in [2.75, 3.05) is 26.2 Å². The van der Waals surface area contributed by atoms with Gasteiger partial charge in [-0.05, 0) is 23.3 Å². The van der Waals surface area contributed by atoms with Crippen LogP contribution >= 0.6 is 11.6 Å². The van der Waals surface area contributed by atoms with Crippen molar-refractivity contribution >= 4 is 27.5 Å². The summed E-state index contributed by atoms with van der Waals surface area (Å²) in [6.45, 7) is 1.13. The molecule has 0 N–H and O–H groups in total. The summed E-state index contributed by atoms with van der Waals surface area (Å²) in [6.07, 6.45) is 0. The van der Waals surface area contributed by atoms with E-state index < -0.39 is 15.9 Å². The number of rotatable bonds is 5. The van der Waals surface area contributed by atoms with Crippen LogP contribution in [-0.4, -0.2) is 49.7 Å². The number of carbonyl (C=O) groups excluding carboxylic acids is 1. The number of piperazine rings is 1. The lowest BCUT2D eigenvalue weighted by molar-refractivity contribution is -0.133. The van der Waals surface area contributed by atoms with Crippen LogP contribution in [0.2, 0.25) is 5.02 Å². The van der Waals surface area contributed by atoms with Crippen molar-refractivity contribution in [1.29, 1.82) is 0 Å². The SMILES string of the molecule is O=C(C(c1ccccc1)c1ccccc1)N1CCN(S(=O)(=O)c2ccccc2Cl)CC1. The molecule has 1 aliphatic rings. The quantitative estimate of drug-likeness (QED) is 0.585. The summed E-state index contributed by atoms with van der Waals surface area (Å²) in [4.78, 5) is 15.4. The van der Waals surface area contributed by atoms with E-state index in [1.54, 1.807) is 23.1 Å². The average Bonchev–Trinajstić information content (AvgIpc) is 2.81. The lowest BCUT2D eigenvalue weighted by Gasteiger charge is -2.36. The van der Waals surface area contributed by atoms with E-state index in [1.165, 1.54) is 10.4 Å².